The number of aromatic nitrogens is 2. The lowest BCUT2D eigenvalue weighted by atomic mass is 10.1. The Morgan fingerprint density at radius 3 is 2.73 bits per heavy atom. The van der Waals surface area contributed by atoms with Gasteiger partial charge in [0.15, 0.2) is 4.96 Å². The number of ether oxygens (including phenoxy) is 1. The summed E-state index contributed by atoms with van der Waals surface area (Å²) < 4.78 is 8.07. The van der Waals surface area contributed by atoms with Crippen molar-refractivity contribution in [3.05, 3.63) is 64.3 Å². The summed E-state index contributed by atoms with van der Waals surface area (Å²) in [6.45, 7) is 1.64. The Labute approximate surface area is 151 Å². The van der Waals surface area contributed by atoms with Gasteiger partial charge in [-0.3, -0.25) is 19.3 Å². The molecule has 8 heteroatoms. The molecule has 26 heavy (non-hydrogen) atoms. The van der Waals surface area contributed by atoms with E-state index in [1.54, 1.807) is 12.1 Å². The molecule has 0 aliphatic rings. The van der Waals surface area contributed by atoms with Crippen molar-refractivity contribution in [3.8, 4) is 11.3 Å². The zero-order chi connectivity index (χ0) is 18.3. The summed E-state index contributed by atoms with van der Waals surface area (Å²) in [5.74, 6) is -0.307. The van der Waals surface area contributed by atoms with E-state index in [-0.39, 0.29) is 18.3 Å². The summed E-state index contributed by atoms with van der Waals surface area (Å²) in [7, 11) is 0. The maximum absolute atomic E-state index is 10.9. The van der Waals surface area contributed by atoms with Gasteiger partial charge in [0.1, 0.15) is 6.61 Å². The number of nitrogens with zero attached hydrogens (tertiary/aromatic N) is 3. The van der Waals surface area contributed by atoms with E-state index >= 15 is 0 Å². The molecule has 130 valence electrons. The van der Waals surface area contributed by atoms with Crippen molar-refractivity contribution >= 4 is 38.2 Å². The summed E-state index contributed by atoms with van der Waals surface area (Å²) in [5.41, 5.74) is 3.58. The first-order valence-corrected chi connectivity index (χ1v) is 8.61. The normalized spacial score (nSPS) is 11.1. The fraction of sp³-hybridized carbons (Fsp3) is 0.111. The number of thiazole rings is 1. The second-order valence-corrected chi connectivity index (χ2v) is 6.78. The summed E-state index contributed by atoms with van der Waals surface area (Å²) in [4.78, 5) is 26.7. The molecule has 0 fully saturated rings. The fourth-order valence-electron chi connectivity index (χ4n) is 2.71. The monoisotopic (exact) mass is 367 g/mol. The molecule has 0 aliphatic heterocycles. The second-order valence-electron chi connectivity index (χ2n) is 5.77. The first-order valence-electron chi connectivity index (χ1n) is 7.80. The van der Waals surface area contributed by atoms with Crippen LogP contribution < -0.4 is 0 Å². The Bertz CT molecular complexity index is 1140. The number of esters is 1. The number of imidazole rings is 1. The smallest absolute Gasteiger partial charge is 0.302 e. The van der Waals surface area contributed by atoms with Gasteiger partial charge >= 0.3 is 5.97 Å². The highest BCUT2D eigenvalue weighted by atomic mass is 32.1. The fourth-order valence-corrected chi connectivity index (χ4v) is 3.78. The minimum Gasteiger partial charge on any atom is -0.461 e. The van der Waals surface area contributed by atoms with Crippen molar-refractivity contribution in [1.82, 2.24) is 9.38 Å². The zero-order valence-corrected chi connectivity index (χ0v) is 14.5. The molecule has 7 nitrogen and oxygen atoms in total. The van der Waals surface area contributed by atoms with Gasteiger partial charge in [-0.25, -0.2) is 4.98 Å². The SMILES string of the molecule is CC(=O)OCc1ccc2c(c1)sc1nc(-c3ccc([N+](=O)[O-])cc3)cn12. The molecule has 0 aliphatic carbocycles. The van der Waals surface area contributed by atoms with Crippen LogP contribution in [0.2, 0.25) is 0 Å². The molecule has 4 aromatic rings. The van der Waals surface area contributed by atoms with Gasteiger partial charge in [0.2, 0.25) is 0 Å². The third-order valence-corrected chi connectivity index (χ3v) is 4.99. The zero-order valence-electron chi connectivity index (χ0n) is 13.7. The molecule has 2 aromatic heterocycles. The van der Waals surface area contributed by atoms with Crippen molar-refractivity contribution in [1.29, 1.82) is 0 Å². The quantitative estimate of drug-likeness (QED) is 0.307. The molecular weight excluding hydrogens is 354 g/mol. The van der Waals surface area contributed by atoms with Crippen LogP contribution in [-0.4, -0.2) is 20.3 Å². The Balaban J connectivity index is 1.69. The first-order chi connectivity index (χ1) is 12.5. The minimum atomic E-state index is -0.420. The van der Waals surface area contributed by atoms with Gasteiger partial charge in [0.05, 0.1) is 20.8 Å². The van der Waals surface area contributed by atoms with E-state index in [1.807, 2.05) is 28.8 Å². The van der Waals surface area contributed by atoms with Crippen molar-refractivity contribution < 1.29 is 14.5 Å². The maximum atomic E-state index is 10.9. The van der Waals surface area contributed by atoms with Crippen LogP contribution >= 0.6 is 11.3 Å². The molecule has 0 atom stereocenters. The van der Waals surface area contributed by atoms with Gasteiger partial charge < -0.3 is 4.74 Å². The topological polar surface area (TPSA) is 86.7 Å². The molecule has 0 radical (unpaired) electrons. The maximum Gasteiger partial charge on any atom is 0.302 e. The van der Waals surface area contributed by atoms with Crippen LogP contribution in [0.3, 0.4) is 0 Å². The third kappa shape index (κ3) is 2.91. The van der Waals surface area contributed by atoms with Crippen molar-refractivity contribution in [2.45, 2.75) is 13.5 Å². The molecule has 0 saturated heterocycles. The number of nitro groups is 1. The van der Waals surface area contributed by atoms with E-state index in [0.29, 0.717) is 0 Å². The van der Waals surface area contributed by atoms with E-state index < -0.39 is 4.92 Å². The Morgan fingerprint density at radius 2 is 2.04 bits per heavy atom. The van der Waals surface area contributed by atoms with Gasteiger partial charge in [-0.2, -0.15) is 0 Å². The van der Waals surface area contributed by atoms with Crippen LogP contribution in [0, 0.1) is 10.1 Å². The molecule has 4 rings (SSSR count). The molecule has 0 saturated carbocycles. The molecule has 0 N–H and O–H groups in total. The number of carbonyl (C=O) groups excluding carboxylic acids is 1. The average molecular weight is 367 g/mol. The summed E-state index contributed by atoms with van der Waals surface area (Å²) >= 11 is 1.54. The number of non-ortho nitro benzene ring substituents is 1. The van der Waals surface area contributed by atoms with Crippen LogP contribution in [0.4, 0.5) is 5.69 Å². The van der Waals surface area contributed by atoms with Gasteiger partial charge in [-0.15, -0.1) is 0 Å². The van der Waals surface area contributed by atoms with Crippen LogP contribution in [0.15, 0.2) is 48.7 Å². The van der Waals surface area contributed by atoms with Crippen LogP contribution in [0.25, 0.3) is 26.4 Å². The van der Waals surface area contributed by atoms with Gasteiger partial charge in [0, 0.05) is 30.8 Å². The molecular formula is C18H13N3O4S. The summed E-state index contributed by atoms with van der Waals surface area (Å²) in [6.07, 6.45) is 1.92. The highest BCUT2D eigenvalue weighted by Crippen LogP contribution is 2.30. The third-order valence-electron chi connectivity index (χ3n) is 3.97. The first kappa shape index (κ1) is 16.2. The van der Waals surface area contributed by atoms with Crippen molar-refractivity contribution in [2.24, 2.45) is 0 Å². The molecule has 2 heterocycles. The molecule has 0 spiro atoms. The predicted octanol–water partition coefficient (Wildman–Crippen LogP) is 4.19. The van der Waals surface area contributed by atoms with E-state index in [2.05, 4.69) is 4.98 Å². The number of rotatable bonds is 4. The highest BCUT2D eigenvalue weighted by molar-refractivity contribution is 7.23. The lowest BCUT2D eigenvalue weighted by Crippen LogP contribution is -1.98. The Kier molecular flexibility index (Phi) is 3.89. The number of carbonyl (C=O) groups is 1. The molecule has 0 bridgehead atoms. The van der Waals surface area contributed by atoms with Crippen LogP contribution in [-0.2, 0) is 16.1 Å². The lowest BCUT2D eigenvalue weighted by molar-refractivity contribution is -0.384. The van der Waals surface area contributed by atoms with Crippen LogP contribution in [0.1, 0.15) is 12.5 Å². The van der Waals surface area contributed by atoms with E-state index in [9.17, 15) is 14.9 Å². The van der Waals surface area contributed by atoms with Crippen molar-refractivity contribution in [2.75, 3.05) is 0 Å². The van der Waals surface area contributed by atoms with E-state index in [0.717, 1.165) is 32.0 Å². The molecule has 0 amide bonds. The number of hydrogen-bond acceptors (Lipinski definition) is 6. The largest absolute Gasteiger partial charge is 0.461 e. The van der Waals surface area contributed by atoms with Crippen LogP contribution in [0.5, 0.6) is 0 Å². The summed E-state index contributed by atoms with van der Waals surface area (Å²) in [5, 5.41) is 10.8. The van der Waals surface area contributed by atoms with Gasteiger partial charge in [-0.05, 0) is 29.8 Å². The standard InChI is InChI=1S/C18H13N3O4S/c1-11(22)25-10-12-2-7-16-17(8-12)26-18-19-15(9-20(16)18)13-3-5-14(6-4-13)21(23)24/h2-9H,10H2,1H3. The number of hydrogen-bond donors (Lipinski definition) is 0. The Hall–Kier alpha value is -3.26. The second kappa shape index (κ2) is 6.23. The predicted molar refractivity (Wildman–Crippen MR) is 98.1 cm³/mol. The summed E-state index contributed by atoms with van der Waals surface area (Å²) in [6, 6.07) is 12.2. The molecule has 2 aromatic carbocycles. The highest BCUT2D eigenvalue weighted by Gasteiger charge is 2.12. The van der Waals surface area contributed by atoms with Gasteiger partial charge in [0.25, 0.3) is 5.69 Å². The van der Waals surface area contributed by atoms with Gasteiger partial charge in [-0.1, -0.05) is 17.4 Å². The number of nitro benzene ring substituents is 1. The molecule has 0 unspecified atom stereocenters. The lowest BCUT2D eigenvalue weighted by Gasteiger charge is -2.02. The van der Waals surface area contributed by atoms with E-state index in [1.165, 1.54) is 30.4 Å². The van der Waals surface area contributed by atoms with E-state index in [4.69, 9.17) is 4.74 Å². The minimum absolute atomic E-state index is 0.0560. The number of fused-ring (bicyclic) bond motifs is 3. The Morgan fingerprint density at radius 1 is 1.27 bits per heavy atom. The van der Waals surface area contributed by atoms with Crippen molar-refractivity contribution in [3.63, 3.8) is 0 Å². The average Bonchev–Trinajstić information content (AvgIpc) is 3.17. The number of benzene rings is 2.